The van der Waals surface area contributed by atoms with E-state index in [1.54, 1.807) is 7.11 Å². The lowest BCUT2D eigenvalue weighted by Gasteiger charge is -2.32. The van der Waals surface area contributed by atoms with Crippen LogP contribution in [0.4, 0.5) is 0 Å². The fourth-order valence-corrected chi connectivity index (χ4v) is 3.12. The van der Waals surface area contributed by atoms with E-state index in [4.69, 9.17) is 9.73 Å². The molecule has 18 heavy (non-hydrogen) atoms. The van der Waals surface area contributed by atoms with E-state index in [-0.39, 0.29) is 5.41 Å². The summed E-state index contributed by atoms with van der Waals surface area (Å²) in [5.74, 6) is 1.17. The first-order valence-corrected chi connectivity index (χ1v) is 7.92. The van der Waals surface area contributed by atoms with Crippen LogP contribution in [0, 0.1) is 5.41 Å². The van der Waals surface area contributed by atoms with Gasteiger partial charge in [0, 0.05) is 12.9 Å². The summed E-state index contributed by atoms with van der Waals surface area (Å²) in [4.78, 5) is 4.87. The van der Waals surface area contributed by atoms with Gasteiger partial charge in [0.05, 0.1) is 18.7 Å². The van der Waals surface area contributed by atoms with Gasteiger partial charge in [0.25, 0.3) is 0 Å². The molecule has 0 aromatic heterocycles. The van der Waals surface area contributed by atoms with Crippen molar-refractivity contribution in [3.8, 4) is 0 Å². The fourth-order valence-electron chi connectivity index (χ4n) is 2.14. The third-order valence-corrected chi connectivity index (χ3v) is 4.17. The summed E-state index contributed by atoms with van der Waals surface area (Å²) in [5, 5.41) is 4.66. The normalized spacial score (nSPS) is 22.5. The van der Waals surface area contributed by atoms with E-state index in [9.17, 15) is 0 Å². The van der Waals surface area contributed by atoms with Crippen molar-refractivity contribution in [3.63, 3.8) is 0 Å². The van der Waals surface area contributed by atoms with Gasteiger partial charge in [0.15, 0.2) is 5.17 Å². The van der Waals surface area contributed by atoms with Crippen LogP contribution in [0.1, 0.15) is 47.0 Å². The van der Waals surface area contributed by atoms with Gasteiger partial charge in [-0.25, -0.2) is 0 Å². The van der Waals surface area contributed by atoms with Crippen molar-refractivity contribution in [3.05, 3.63) is 0 Å². The van der Waals surface area contributed by atoms with Crippen molar-refractivity contribution in [2.24, 2.45) is 10.4 Å². The molecular weight excluding hydrogens is 244 g/mol. The van der Waals surface area contributed by atoms with Crippen molar-refractivity contribution in [2.45, 2.75) is 59.0 Å². The molecule has 0 spiro atoms. The highest BCUT2D eigenvalue weighted by Crippen LogP contribution is 2.30. The summed E-state index contributed by atoms with van der Waals surface area (Å²) in [6, 6.07) is 0.830. The molecule has 0 bridgehead atoms. The predicted octanol–water partition coefficient (Wildman–Crippen LogP) is 3.30. The third kappa shape index (κ3) is 5.19. The molecule has 0 fully saturated rings. The zero-order chi connectivity index (χ0) is 13.6. The molecule has 4 heteroatoms. The Morgan fingerprint density at radius 1 is 1.50 bits per heavy atom. The average molecular weight is 272 g/mol. The molecule has 0 amide bonds. The molecule has 0 saturated heterocycles. The molecule has 0 aromatic carbocycles. The smallest absolute Gasteiger partial charge is 0.157 e. The summed E-state index contributed by atoms with van der Waals surface area (Å²) in [5.41, 5.74) is 0.259. The molecule has 3 nitrogen and oxygen atoms in total. The minimum atomic E-state index is 0.259. The number of hydrogen-bond acceptors (Lipinski definition) is 4. The maximum absolute atomic E-state index is 5.27. The van der Waals surface area contributed by atoms with Crippen LogP contribution in [0.25, 0.3) is 0 Å². The maximum Gasteiger partial charge on any atom is 0.157 e. The monoisotopic (exact) mass is 272 g/mol. The lowest BCUT2D eigenvalue weighted by molar-refractivity contribution is 0.170. The zero-order valence-electron chi connectivity index (χ0n) is 12.5. The molecule has 1 aliphatic rings. The minimum absolute atomic E-state index is 0.259. The van der Waals surface area contributed by atoms with Crippen molar-refractivity contribution < 1.29 is 4.74 Å². The van der Waals surface area contributed by atoms with Crippen molar-refractivity contribution >= 4 is 16.9 Å². The quantitative estimate of drug-likeness (QED) is 0.833. The zero-order valence-corrected chi connectivity index (χ0v) is 13.3. The summed E-state index contributed by atoms with van der Waals surface area (Å²) in [7, 11) is 1.76. The Hall–Kier alpha value is -0.220. The number of aliphatic imine (C=N–C) groups is 1. The van der Waals surface area contributed by atoms with Gasteiger partial charge in [-0.3, -0.25) is 4.99 Å². The number of methoxy groups -OCH3 is 1. The van der Waals surface area contributed by atoms with Crippen molar-refractivity contribution in [2.75, 3.05) is 19.5 Å². The van der Waals surface area contributed by atoms with E-state index in [0.717, 1.165) is 18.2 Å². The lowest BCUT2D eigenvalue weighted by Crippen LogP contribution is -2.40. The molecule has 1 heterocycles. The van der Waals surface area contributed by atoms with E-state index >= 15 is 0 Å². The SMILES string of the molecule is CCCC(COC)NC1=NC(C(C)(C)C)CCS1. The Labute approximate surface area is 116 Å². The number of hydrogen-bond donors (Lipinski definition) is 1. The molecule has 1 aliphatic heterocycles. The molecular formula is C14H28N2OS. The summed E-state index contributed by atoms with van der Waals surface area (Å²) in [6.45, 7) is 9.78. The topological polar surface area (TPSA) is 33.6 Å². The van der Waals surface area contributed by atoms with Gasteiger partial charge >= 0.3 is 0 Å². The first kappa shape index (κ1) is 15.8. The van der Waals surface area contributed by atoms with Crippen LogP contribution >= 0.6 is 11.8 Å². The number of ether oxygens (including phenoxy) is 1. The summed E-state index contributed by atoms with van der Waals surface area (Å²) >= 11 is 1.85. The fraction of sp³-hybridized carbons (Fsp3) is 0.929. The van der Waals surface area contributed by atoms with Crippen molar-refractivity contribution in [1.82, 2.24) is 5.32 Å². The standard InChI is InChI=1S/C14H28N2OS/c1-6-7-11(10-17-5)15-13-16-12(8-9-18-13)14(2,3)4/h11-12H,6-10H2,1-5H3,(H,15,16). The Morgan fingerprint density at radius 3 is 2.78 bits per heavy atom. The van der Waals surface area contributed by atoms with Gasteiger partial charge in [-0.15, -0.1) is 0 Å². The third-order valence-electron chi connectivity index (χ3n) is 3.24. The van der Waals surface area contributed by atoms with E-state index in [1.807, 2.05) is 11.8 Å². The minimum Gasteiger partial charge on any atom is -0.383 e. The van der Waals surface area contributed by atoms with Crippen LogP contribution in [0.2, 0.25) is 0 Å². The molecule has 2 atom stereocenters. The van der Waals surface area contributed by atoms with Gasteiger partial charge in [-0.05, 0) is 18.3 Å². The van der Waals surface area contributed by atoms with E-state index in [0.29, 0.717) is 12.1 Å². The van der Waals surface area contributed by atoms with Crippen molar-refractivity contribution in [1.29, 1.82) is 0 Å². The second-order valence-electron chi connectivity index (χ2n) is 6.04. The number of rotatable bonds is 5. The highest BCUT2D eigenvalue weighted by Gasteiger charge is 2.27. The van der Waals surface area contributed by atoms with Crippen LogP contribution in [-0.2, 0) is 4.74 Å². The Morgan fingerprint density at radius 2 is 2.22 bits per heavy atom. The second kappa shape index (κ2) is 7.39. The number of thioether (sulfide) groups is 1. The predicted molar refractivity (Wildman–Crippen MR) is 81.5 cm³/mol. The van der Waals surface area contributed by atoms with Gasteiger partial charge in [-0.2, -0.15) is 0 Å². The molecule has 1 rings (SSSR count). The number of nitrogens with one attached hydrogen (secondary N) is 1. The number of amidine groups is 1. The molecule has 0 radical (unpaired) electrons. The molecule has 0 aliphatic carbocycles. The molecule has 0 saturated carbocycles. The van der Waals surface area contributed by atoms with E-state index in [1.165, 1.54) is 18.6 Å². The van der Waals surface area contributed by atoms with Gasteiger partial charge in [0.1, 0.15) is 0 Å². The largest absolute Gasteiger partial charge is 0.383 e. The number of nitrogens with zero attached hydrogens (tertiary/aromatic N) is 1. The van der Waals surface area contributed by atoms with E-state index < -0.39 is 0 Å². The molecule has 1 N–H and O–H groups in total. The molecule has 106 valence electrons. The van der Waals surface area contributed by atoms with Gasteiger partial charge < -0.3 is 10.1 Å². The van der Waals surface area contributed by atoms with Crippen LogP contribution in [0.15, 0.2) is 4.99 Å². The van der Waals surface area contributed by atoms with Crippen LogP contribution in [-0.4, -0.2) is 36.7 Å². The van der Waals surface area contributed by atoms with Crippen LogP contribution in [0.5, 0.6) is 0 Å². The van der Waals surface area contributed by atoms with Gasteiger partial charge in [-0.1, -0.05) is 45.9 Å². The Bertz CT molecular complexity index is 267. The van der Waals surface area contributed by atoms with Crippen LogP contribution in [0.3, 0.4) is 0 Å². The maximum atomic E-state index is 5.27. The average Bonchev–Trinajstić information content (AvgIpc) is 2.29. The Kier molecular flexibility index (Phi) is 6.50. The first-order chi connectivity index (χ1) is 8.47. The molecule has 2 unspecified atom stereocenters. The lowest BCUT2D eigenvalue weighted by atomic mass is 9.85. The highest BCUT2D eigenvalue weighted by molar-refractivity contribution is 8.13. The Balaban J connectivity index is 2.61. The molecule has 0 aromatic rings. The van der Waals surface area contributed by atoms with E-state index in [2.05, 4.69) is 33.0 Å². The van der Waals surface area contributed by atoms with Gasteiger partial charge in [0.2, 0.25) is 0 Å². The summed E-state index contributed by atoms with van der Waals surface area (Å²) in [6.07, 6.45) is 3.48. The van der Waals surface area contributed by atoms with Crippen LogP contribution < -0.4 is 5.32 Å². The second-order valence-corrected chi connectivity index (χ2v) is 7.12. The summed E-state index contributed by atoms with van der Waals surface area (Å²) < 4.78 is 5.27. The first-order valence-electron chi connectivity index (χ1n) is 6.93. The highest BCUT2D eigenvalue weighted by atomic mass is 32.2.